The highest BCUT2D eigenvalue weighted by Crippen LogP contribution is 2.36. The highest BCUT2D eigenvalue weighted by Gasteiger charge is 2.28. The second kappa shape index (κ2) is 9.66. The lowest BCUT2D eigenvalue weighted by Gasteiger charge is -2.26. The highest BCUT2D eigenvalue weighted by atomic mass is 32.2. The number of sulfonamides is 1. The summed E-state index contributed by atoms with van der Waals surface area (Å²) < 4.78 is 33.6. The zero-order valence-electron chi connectivity index (χ0n) is 19.9. The van der Waals surface area contributed by atoms with Crippen LogP contribution in [0.4, 0.5) is 0 Å². The molecule has 5 rings (SSSR count). The van der Waals surface area contributed by atoms with Gasteiger partial charge in [-0.25, -0.2) is 13.4 Å². The molecular weight excluding hydrogens is 480 g/mol. The van der Waals surface area contributed by atoms with Gasteiger partial charge in [0, 0.05) is 35.1 Å². The lowest BCUT2D eigenvalue weighted by atomic mass is 10.0. The molecule has 7 nitrogen and oxygen atoms in total. The van der Waals surface area contributed by atoms with Crippen molar-refractivity contribution in [3.63, 3.8) is 0 Å². The van der Waals surface area contributed by atoms with Gasteiger partial charge in [-0.1, -0.05) is 36.4 Å². The third-order valence-electron chi connectivity index (χ3n) is 5.98. The maximum Gasteiger partial charge on any atom is 0.243 e. The SMILES string of the molecule is Cc1cc(C)nc(Sc2nnc(-c3ccc(C)c(S(=O)(=O)N4CCOCC4)c3)c3ccccc23)c1. The molecule has 35 heavy (non-hydrogen) atoms. The average molecular weight is 507 g/mol. The molecule has 0 atom stereocenters. The molecule has 0 radical (unpaired) electrons. The van der Waals surface area contributed by atoms with Crippen LogP contribution in [0.5, 0.6) is 0 Å². The van der Waals surface area contributed by atoms with E-state index in [0.717, 1.165) is 32.1 Å². The smallest absolute Gasteiger partial charge is 0.243 e. The minimum absolute atomic E-state index is 0.292. The van der Waals surface area contributed by atoms with Crippen LogP contribution in [0.15, 0.2) is 69.5 Å². The first-order chi connectivity index (χ1) is 16.8. The molecule has 0 saturated carbocycles. The summed E-state index contributed by atoms with van der Waals surface area (Å²) in [7, 11) is -3.64. The molecule has 0 spiro atoms. The number of fused-ring (bicyclic) bond motifs is 1. The van der Waals surface area contributed by atoms with Crippen molar-refractivity contribution in [2.75, 3.05) is 26.3 Å². The molecule has 2 aromatic heterocycles. The van der Waals surface area contributed by atoms with Crippen molar-refractivity contribution in [3.05, 3.63) is 71.4 Å². The van der Waals surface area contributed by atoms with Crippen LogP contribution in [-0.4, -0.2) is 54.2 Å². The number of rotatable bonds is 5. The second-order valence-electron chi connectivity index (χ2n) is 8.62. The molecule has 0 amide bonds. The maximum absolute atomic E-state index is 13.4. The summed E-state index contributed by atoms with van der Waals surface area (Å²) in [4.78, 5) is 4.92. The van der Waals surface area contributed by atoms with Crippen LogP contribution in [0, 0.1) is 20.8 Å². The summed E-state index contributed by atoms with van der Waals surface area (Å²) in [6, 6.07) is 17.5. The Balaban J connectivity index is 1.58. The quantitative estimate of drug-likeness (QED) is 0.385. The molecule has 0 unspecified atom stereocenters. The number of morpholine rings is 1. The number of aromatic nitrogens is 3. The molecule has 4 aromatic rings. The van der Waals surface area contributed by atoms with E-state index in [9.17, 15) is 8.42 Å². The number of pyridine rings is 1. The summed E-state index contributed by atoms with van der Waals surface area (Å²) in [6.45, 7) is 7.36. The summed E-state index contributed by atoms with van der Waals surface area (Å²) in [5.41, 5.74) is 4.16. The normalized spacial score (nSPS) is 14.9. The van der Waals surface area contributed by atoms with E-state index in [1.165, 1.54) is 16.1 Å². The molecule has 2 aromatic carbocycles. The van der Waals surface area contributed by atoms with Crippen molar-refractivity contribution in [3.8, 4) is 11.3 Å². The molecule has 1 aliphatic heterocycles. The monoisotopic (exact) mass is 506 g/mol. The van der Waals surface area contributed by atoms with Gasteiger partial charge in [-0.3, -0.25) is 0 Å². The Hall–Kier alpha value is -2.85. The molecular formula is C26H26N4O3S2. The third-order valence-corrected chi connectivity index (χ3v) is 8.93. The van der Waals surface area contributed by atoms with Crippen molar-refractivity contribution in [2.45, 2.75) is 35.7 Å². The van der Waals surface area contributed by atoms with Crippen LogP contribution >= 0.6 is 11.8 Å². The van der Waals surface area contributed by atoms with E-state index in [-0.39, 0.29) is 0 Å². The van der Waals surface area contributed by atoms with E-state index in [1.54, 1.807) is 6.07 Å². The number of benzene rings is 2. The Kier molecular flexibility index (Phi) is 6.59. The van der Waals surface area contributed by atoms with Crippen LogP contribution in [0.3, 0.4) is 0 Å². The molecule has 0 bridgehead atoms. The fourth-order valence-electron chi connectivity index (χ4n) is 4.27. The van der Waals surface area contributed by atoms with Gasteiger partial charge in [0.2, 0.25) is 10.0 Å². The van der Waals surface area contributed by atoms with Crippen molar-refractivity contribution in [1.82, 2.24) is 19.5 Å². The van der Waals surface area contributed by atoms with Crippen molar-refractivity contribution < 1.29 is 13.2 Å². The van der Waals surface area contributed by atoms with Crippen LogP contribution in [0.1, 0.15) is 16.8 Å². The minimum atomic E-state index is -3.64. The van der Waals surface area contributed by atoms with Gasteiger partial charge in [0.25, 0.3) is 0 Å². The lowest BCUT2D eigenvalue weighted by molar-refractivity contribution is 0.0730. The second-order valence-corrected chi connectivity index (χ2v) is 11.5. The van der Waals surface area contributed by atoms with E-state index in [2.05, 4.69) is 15.2 Å². The van der Waals surface area contributed by atoms with Gasteiger partial charge in [-0.05, 0) is 61.9 Å². The molecule has 0 aliphatic carbocycles. The first-order valence-corrected chi connectivity index (χ1v) is 13.7. The first kappa shape index (κ1) is 23.9. The van der Waals surface area contributed by atoms with E-state index in [1.807, 2.05) is 69.3 Å². The number of hydrogen-bond donors (Lipinski definition) is 0. The minimum Gasteiger partial charge on any atom is -0.379 e. The third kappa shape index (κ3) is 4.81. The number of hydrogen-bond acceptors (Lipinski definition) is 7. The molecule has 3 heterocycles. The van der Waals surface area contributed by atoms with E-state index in [4.69, 9.17) is 4.74 Å². The van der Waals surface area contributed by atoms with Crippen molar-refractivity contribution in [1.29, 1.82) is 0 Å². The fourth-order valence-corrected chi connectivity index (χ4v) is 6.94. The van der Waals surface area contributed by atoms with Crippen molar-refractivity contribution in [2.24, 2.45) is 0 Å². The van der Waals surface area contributed by atoms with E-state index >= 15 is 0 Å². The molecule has 1 fully saturated rings. The topological polar surface area (TPSA) is 85.3 Å². The Morgan fingerprint density at radius 1 is 0.914 bits per heavy atom. The van der Waals surface area contributed by atoms with Crippen molar-refractivity contribution >= 4 is 32.6 Å². The molecule has 180 valence electrons. The van der Waals surface area contributed by atoms with Gasteiger partial charge in [-0.2, -0.15) is 4.31 Å². The highest BCUT2D eigenvalue weighted by molar-refractivity contribution is 7.99. The van der Waals surface area contributed by atoms with Crippen LogP contribution in [0.25, 0.3) is 22.0 Å². The zero-order valence-corrected chi connectivity index (χ0v) is 21.5. The largest absolute Gasteiger partial charge is 0.379 e. The predicted molar refractivity (Wildman–Crippen MR) is 137 cm³/mol. The predicted octanol–water partition coefficient (Wildman–Crippen LogP) is 4.79. The molecule has 0 N–H and O–H groups in total. The number of nitrogens with zero attached hydrogens (tertiary/aromatic N) is 4. The van der Waals surface area contributed by atoms with Gasteiger partial charge in [-0.15, -0.1) is 10.2 Å². The number of aryl methyl sites for hydroxylation is 3. The van der Waals surface area contributed by atoms with Gasteiger partial charge in [0.1, 0.15) is 15.7 Å². The summed E-state index contributed by atoms with van der Waals surface area (Å²) in [5, 5.41) is 12.6. The lowest BCUT2D eigenvalue weighted by Crippen LogP contribution is -2.40. The molecule has 1 saturated heterocycles. The van der Waals surface area contributed by atoms with Crippen LogP contribution in [-0.2, 0) is 14.8 Å². The van der Waals surface area contributed by atoms with E-state index in [0.29, 0.717) is 48.0 Å². The first-order valence-electron chi connectivity index (χ1n) is 11.4. The Morgan fingerprint density at radius 3 is 2.40 bits per heavy atom. The van der Waals surface area contributed by atoms with E-state index < -0.39 is 10.0 Å². The Bertz CT molecular complexity index is 1500. The Labute approximate surface area is 209 Å². The zero-order chi connectivity index (χ0) is 24.6. The summed E-state index contributed by atoms with van der Waals surface area (Å²) in [5.74, 6) is 0. The van der Waals surface area contributed by atoms with Crippen LogP contribution < -0.4 is 0 Å². The molecule has 1 aliphatic rings. The van der Waals surface area contributed by atoms with Gasteiger partial charge in [0.15, 0.2) is 0 Å². The van der Waals surface area contributed by atoms with Gasteiger partial charge < -0.3 is 4.74 Å². The maximum atomic E-state index is 13.4. The average Bonchev–Trinajstić information content (AvgIpc) is 2.84. The van der Waals surface area contributed by atoms with Gasteiger partial charge in [0.05, 0.1) is 18.1 Å². The summed E-state index contributed by atoms with van der Waals surface area (Å²) in [6.07, 6.45) is 0. The standard InChI is InChI=1S/C26H26N4O3S2/c1-17-14-19(3)27-24(15-17)34-26-22-7-5-4-6-21(22)25(28-29-26)20-9-8-18(2)23(16-20)35(31,32)30-10-12-33-13-11-30/h4-9,14-16H,10-13H2,1-3H3. The Morgan fingerprint density at radius 2 is 1.66 bits per heavy atom. The van der Waals surface area contributed by atoms with Gasteiger partial charge >= 0.3 is 0 Å². The van der Waals surface area contributed by atoms with Crippen LogP contribution in [0.2, 0.25) is 0 Å². The molecule has 9 heteroatoms. The summed E-state index contributed by atoms with van der Waals surface area (Å²) >= 11 is 1.48. The number of ether oxygens (including phenoxy) is 1. The fraction of sp³-hybridized carbons (Fsp3) is 0.269.